The second-order valence-corrected chi connectivity index (χ2v) is 5.22. The van der Waals surface area contributed by atoms with Crippen LogP contribution in [0.1, 0.15) is 42.5 Å². The number of aryl methyl sites for hydroxylation is 2. The highest BCUT2D eigenvalue weighted by atomic mass is 16.5. The van der Waals surface area contributed by atoms with Crippen molar-refractivity contribution in [3.8, 4) is 0 Å². The van der Waals surface area contributed by atoms with Crippen molar-refractivity contribution >= 4 is 0 Å². The van der Waals surface area contributed by atoms with Gasteiger partial charge in [-0.25, -0.2) is 4.98 Å². The minimum Gasteiger partial charge on any atom is -0.379 e. The summed E-state index contributed by atoms with van der Waals surface area (Å²) in [4.78, 5) is 4.71. The molecule has 0 bridgehead atoms. The molecule has 1 aliphatic carbocycles. The molecule has 4 heteroatoms. The first kappa shape index (κ1) is 11.2. The fraction of sp³-hybridized carbons (Fsp3) is 0.769. The summed E-state index contributed by atoms with van der Waals surface area (Å²) < 4.78 is 7.95. The van der Waals surface area contributed by atoms with Crippen molar-refractivity contribution < 1.29 is 4.74 Å². The van der Waals surface area contributed by atoms with Gasteiger partial charge in [0.05, 0.1) is 18.3 Å². The Hall–Kier alpha value is -0.870. The molecule has 4 nitrogen and oxygen atoms in total. The molecule has 3 rings (SSSR count). The number of aromatic nitrogens is 2. The molecule has 0 saturated carbocycles. The molecule has 0 radical (unpaired) electrons. The molecule has 2 aliphatic rings. The Bertz CT molecular complexity index is 413. The zero-order valence-electron chi connectivity index (χ0n) is 10.5. The van der Waals surface area contributed by atoms with Crippen LogP contribution in [0.15, 0.2) is 0 Å². The van der Waals surface area contributed by atoms with Crippen LogP contribution < -0.4 is 5.73 Å². The number of imidazole rings is 1. The van der Waals surface area contributed by atoms with E-state index < -0.39 is 0 Å². The van der Waals surface area contributed by atoms with Crippen LogP contribution in [0.5, 0.6) is 0 Å². The third kappa shape index (κ3) is 1.89. The van der Waals surface area contributed by atoms with Crippen LogP contribution in [0.2, 0.25) is 0 Å². The summed E-state index contributed by atoms with van der Waals surface area (Å²) in [5, 5.41) is 0. The molecule has 1 fully saturated rings. The predicted octanol–water partition coefficient (Wildman–Crippen LogP) is 1.36. The van der Waals surface area contributed by atoms with Crippen LogP contribution >= 0.6 is 0 Å². The molecule has 0 amide bonds. The molecule has 0 spiro atoms. The first-order chi connectivity index (χ1) is 8.27. The summed E-state index contributed by atoms with van der Waals surface area (Å²) >= 11 is 0. The summed E-state index contributed by atoms with van der Waals surface area (Å²) in [6.45, 7) is 3.64. The minimum atomic E-state index is 0.211. The van der Waals surface area contributed by atoms with Gasteiger partial charge < -0.3 is 15.0 Å². The highest BCUT2D eigenvalue weighted by Gasteiger charge is 2.29. The van der Waals surface area contributed by atoms with Gasteiger partial charge in [-0.3, -0.25) is 0 Å². The Morgan fingerprint density at radius 3 is 3.00 bits per heavy atom. The first-order valence-corrected chi connectivity index (χ1v) is 6.67. The average Bonchev–Trinajstić information content (AvgIpc) is 2.66. The van der Waals surface area contributed by atoms with E-state index in [0.29, 0.717) is 0 Å². The SMILES string of the molecule is Cc1nc2c(n1C1COCCC1N)CCCC2. The van der Waals surface area contributed by atoms with E-state index in [1.165, 1.54) is 24.2 Å². The number of rotatable bonds is 1. The number of nitrogens with zero attached hydrogens (tertiary/aromatic N) is 2. The maximum Gasteiger partial charge on any atom is 0.106 e. The lowest BCUT2D eigenvalue weighted by molar-refractivity contribution is 0.0450. The standard InChI is InChI=1S/C13H21N3O/c1-9-15-11-4-2-3-5-12(11)16(9)13-8-17-7-6-10(13)14/h10,13H,2-8,14H2,1H3. The normalized spacial score (nSPS) is 29.1. The first-order valence-electron chi connectivity index (χ1n) is 6.67. The van der Waals surface area contributed by atoms with E-state index in [9.17, 15) is 0 Å². The molecule has 1 aliphatic heterocycles. The molecule has 1 aromatic rings. The van der Waals surface area contributed by atoms with E-state index in [2.05, 4.69) is 11.5 Å². The molecule has 2 heterocycles. The predicted molar refractivity (Wildman–Crippen MR) is 66.1 cm³/mol. The van der Waals surface area contributed by atoms with E-state index in [0.717, 1.165) is 38.3 Å². The second-order valence-electron chi connectivity index (χ2n) is 5.22. The van der Waals surface area contributed by atoms with Crippen molar-refractivity contribution in [3.63, 3.8) is 0 Å². The van der Waals surface area contributed by atoms with E-state index in [-0.39, 0.29) is 12.1 Å². The number of hydrogen-bond donors (Lipinski definition) is 1. The van der Waals surface area contributed by atoms with Crippen molar-refractivity contribution in [2.24, 2.45) is 5.73 Å². The number of fused-ring (bicyclic) bond motifs is 1. The fourth-order valence-corrected chi connectivity index (χ4v) is 3.14. The topological polar surface area (TPSA) is 53.1 Å². The van der Waals surface area contributed by atoms with Crippen molar-refractivity contribution in [1.82, 2.24) is 9.55 Å². The van der Waals surface area contributed by atoms with Crippen LogP contribution in [0.25, 0.3) is 0 Å². The van der Waals surface area contributed by atoms with Gasteiger partial charge in [0.2, 0.25) is 0 Å². The van der Waals surface area contributed by atoms with Crippen molar-refractivity contribution in [1.29, 1.82) is 0 Å². The molecule has 2 atom stereocenters. The zero-order chi connectivity index (χ0) is 11.8. The van der Waals surface area contributed by atoms with Crippen LogP contribution in [0.4, 0.5) is 0 Å². The largest absolute Gasteiger partial charge is 0.379 e. The highest BCUT2D eigenvalue weighted by molar-refractivity contribution is 5.21. The zero-order valence-corrected chi connectivity index (χ0v) is 10.5. The molecule has 2 unspecified atom stereocenters. The number of hydrogen-bond acceptors (Lipinski definition) is 3. The monoisotopic (exact) mass is 235 g/mol. The lowest BCUT2D eigenvalue weighted by Gasteiger charge is -2.32. The molecular formula is C13H21N3O. The highest BCUT2D eigenvalue weighted by Crippen LogP contribution is 2.28. The Morgan fingerprint density at radius 1 is 1.35 bits per heavy atom. The molecule has 1 saturated heterocycles. The van der Waals surface area contributed by atoms with E-state index in [4.69, 9.17) is 15.5 Å². The van der Waals surface area contributed by atoms with Gasteiger partial charge in [0, 0.05) is 18.3 Å². The Morgan fingerprint density at radius 2 is 2.18 bits per heavy atom. The molecule has 17 heavy (non-hydrogen) atoms. The van der Waals surface area contributed by atoms with Crippen molar-refractivity contribution in [2.45, 2.75) is 51.1 Å². The summed E-state index contributed by atoms with van der Waals surface area (Å²) in [6.07, 6.45) is 5.79. The molecule has 0 aromatic carbocycles. The van der Waals surface area contributed by atoms with Crippen molar-refractivity contribution in [2.75, 3.05) is 13.2 Å². The Labute approximate surface area is 102 Å². The van der Waals surface area contributed by atoms with Gasteiger partial charge in [0.15, 0.2) is 0 Å². The van der Waals surface area contributed by atoms with Crippen LogP contribution in [0.3, 0.4) is 0 Å². The van der Waals surface area contributed by atoms with Crippen LogP contribution in [-0.4, -0.2) is 28.8 Å². The molecule has 2 N–H and O–H groups in total. The van der Waals surface area contributed by atoms with Gasteiger partial charge in [-0.2, -0.15) is 0 Å². The maximum absolute atomic E-state index is 6.24. The smallest absolute Gasteiger partial charge is 0.106 e. The minimum absolute atomic E-state index is 0.211. The van der Waals surface area contributed by atoms with E-state index in [1.807, 2.05) is 0 Å². The molecular weight excluding hydrogens is 214 g/mol. The number of nitrogens with two attached hydrogens (primary N) is 1. The quantitative estimate of drug-likeness (QED) is 0.799. The van der Waals surface area contributed by atoms with Gasteiger partial charge in [-0.15, -0.1) is 0 Å². The molecule has 1 aromatic heterocycles. The van der Waals surface area contributed by atoms with E-state index in [1.54, 1.807) is 0 Å². The summed E-state index contributed by atoms with van der Waals surface area (Å²) in [6, 6.07) is 0.501. The number of ether oxygens (including phenoxy) is 1. The Balaban J connectivity index is 1.98. The second kappa shape index (κ2) is 4.42. The van der Waals surface area contributed by atoms with Crippen molar-refractivity contribution in [3.05, 3.63) is 17.2 Å². The lowest BCUT2D eigenvalue weighted by atomic mass is 9.99. The third-order valence-electron chi connectivity index (χ3n) is 4.06. The van der Waals surface area contributed by atoms with Gasteiger partial charge in [0.25, 0.3) is 0 Å². The van der Waals surface area contributed by atoms with Gasteiger partial charge >= 0.3 is 0 Å². The van der Waals surface area contributed by atoms with Gasteiger partial charge in [-0.1, -0.05) is 0 Å². The van der Waals surface area contributed by atoms with Crippen LogP contribution in [-0.2, 0) is 17.6 Å². The average molecular weight is 235 g/mol. The third-order valence-corrected chi connectivity index (χ3v) is 4.06. The maximum atomic E-state index is 6.24. The summed E-state index contributed by atoms with van der Waals surface area (Å²) in [5.41, 5.74) is 8.96. The summed E-state index contributed by atoms with van der Waals surface area (Å²) in [5.74, 6) is 1.11. The fourth-order valence-electron chi connectivity index (χ4n) is 3.14. The van der Waals surface area contributed by atoms with Crippen LogP contribution in [0, 0.1) is 6.92 Å². The summed E-state index contributed by atoms with van der Waals surface area (Å²) in [7, 11) is 0. The van der Waals surface area contributed by atoms with Gasteiger partial charge in [0.1, 0.15) is 5.82 Å². The molecule has 94 valence electrons. The Kier molecular flexibility index (Phi) is 2.92. The lowest BCUT2D eigenvalue weighted by Crippen LogP contribution is -2.41. The van der Waals surface area contributed by atoms with Gasteiger partial charge in [-0.05, 0) is 39.0 Å². The van der Waals surface area contributed by atoms with E-state index >= 15 is 0 Å².